The van der Waals surface area contributed by atoms with Crippen LogP contribution in [0.15, 0.2) is 36.5 Å². The van der Waals surface area contributed by atoms with E-state index in [1.165, 1.54) is 12.8 Å². The molecule has 3 aromatic rings. The number of nitrogens with two attached hydrogens (primary N) is 1. The molecule has 100 valence electrons. The van der Waals surface area contributed by atoms with Crippen molar-refractivity contribution in [2.75, 3.05) is 5.73 Å². The second kappa shape index (κ2) is 4.21. The lowest BCUT2D eigenvalue weighted by Crippen LogP contribution is -1.99. The van der Waals surface area contributed by atoms with E-state index in [2.05, 4.69) is 9.55 Å². The Labute approximate surface area is 121 Å². The molecule has 1 saturated carbocycles. The number of fused-ring (bicyclic) bond motifs is 1. The Morgan fingerprint density at radius 1 is 1.25 bits per heavy atom. The van der Waals surface area contributed by atoms with Crippen LogP contribution in [0, 0.1) is 0 Å². The maximum absolute atomic E-state index is 6.13. The summed E-state index contributed by atoms with van der Waals surface area (Å²) in [7, 11) is 0. The van der Waals surface area contributed by atoms with Crippen LogP contribution < -0.4 is 5.73 Å². The second-order valence-electron chi connectivity index (χ2n) is 5.12. The summed E-state index contributed by atoms with van der Waals surface area (Å²) in [5.41, 5.74) is 9.21. The molecule has 1 aliphatic carbocycles. The number of hydrogen-bond donors (Lipinski definition) is 1. The van der Waals surface area contributed by atoms with Crippen LogP contribution in [0.3, 0.4) is 0 Å². The quantitative estimate of drug-likeness (QED) is 0.731. The third kappa shape index (κ3) is 1.76. The summed E-state index contributed by atoms with van der Waals surface area (Å²) >= 11 is 6.13. The van der Waals surface area contributed by atoms with Crippen molar-refractivity contribution in [1.82, 2.24) is 14.5 Å². The number of benzene rings is 1. The number of nitrogens with zero attached hydrogens (tertiary/aromatic N) is 3. The minimum absolute atomic E-state index is 0.501. The summed E-state index contributed by atoms with van der Waals surface area (Å²) in [6, 6.07) is 10.1. The van der Waals surface area contributed by atoms with E-state index in [1.807, 2.05) is 36.5 Å². The summed E-state index contributed by atoms with van der Waals surface area (Å²) in [4.78, 5) is 9.19. The predicted molar refractivity (Wildman–Crippen MR) is 80.7 cm³/mol. The van der Waals surface area contributed by atoms with Gasteiger partial charge in [0.2, 0.25) is 0 Å². The molecule has 0 saturated heterocycles. The van der Waals surface area contributed by atoms with Gasteiger partial charge in [0.25, 0.3) is 0 Å². The molecule has 2 aromatic heterocycles. The van der Waals surface area contributed by atoms with Gasteiger partial charge in [0.15, 0.2) is 5.65 Å². The summed E-state index contributed by atoms with van der Waals surface area (Å²) < 4.78 is 2.22. The number of nitrogen functional groups attached to an aromatic ring is 1. The highest BCUT2D eigenvalue weighted by atomic mass is 35.5. The monoisotopic (exact) mass is 284 g/mol. The number of imidazole rings is 1. The third-order valence-electron chi connectivity index (χ3n) is 3.62. The van der Waals surface area contributed by atoms with Crippen molar-refractivity contribution in [2.45, 2.75) is 18.9 Å². The zero-order chi connectivity index (χ0) is 13.7. The average molecular weight is 285 g/mol. The standard InChI is InChI=1S/C15H13ClN4/c16-11-8-9(3-6-12(11)17)14-19-13-2-1-7-18-15(13)20(14)10-4-5-10/h1-3,6-8,10H,4-5,17H2. The molecule has 2 heterocycles. The van der Waals surface area contributed by atoms with Gasteiger partial charge in [0.1, 0.15) is 11.3 Å². The molecule has 2 N–H and O–H groups in total. The molecule has 0 bridgehead atoms. The first-order chi connectivity index (χ1) is 9.74. The zero-order valence-electron chi connectivity index (χ0n) is 10.8. The fourth-order valence-electron chi connectivity index (χ4n) is 2.48. The second-order valence-corrected chi connectivity index (χ2v) is 5.53. The predicted octanol–water partition coefficient (Wildman–Crippen LogP) is 3.67. The lowest BCUT2D eigenvalue weighted by atomic mass is 10.2. The van der Waals surface area contributed by atoms with Crippen LogP contribution in [0.5, 0.6) is 0 Å². The van der Waals surface area contributed by atoms with E-state index in [4.69, 9.17) is 22.3 Å². The van der Waals surface area contributed by atoms with E-state index < -0.39 is 0 Å². The largest absolute Gasteiger partial charge is 0.398 e. The minimum atomic E-state index is 0.501. The van der Waals surface area contributed by atoms with E-state index in [9.17, 15) is 0 Å². The number of rotatable bonds is 2. The van der Waals surface area contributed by atoms with Gasteiger partial charge in [0, 0.05) is 17.8 Å². The first kappa shape index (κ1) is 11.7. The topological polar surface area (TPSA) is 56.7 Å². The summed E-state index contributed by atoms with van der Waals surface area (Å²) in [5, 5.41) is 0.560. The Bertz CT molecular complexity index is 805. The van der Waals surface area contributed by atoms with E-state index in [0.717, 1.165) is 22.6 Å². The molecule has 0 unspecified atom stereocenters. The number of anilines is 1. The third-order valence-corrected chi connectivity index (χ3v) is 3.95. The van der Waals surface area contributed by atoms with Crippen LogP contribution in [0.2, 0.25) is 5.02 Å². The molecular weight excluding hydrogens is 272 g/mol. The van der Waals surface area contributed by atoms with Gasteiger partial charge in [-0.05, 0) is 43.2 Å². The van der Waals surface area contributed by atoms with Crippen molar-refractivity contribution >= 4 is 28.5 Å². The first-order valence-corrected chi connectivity index (χ1v) is 7.00. The lowest BCUT2D eigenvalue weighted by molar-refractivity contribution is 0.766. The molecule has 4 rings (SSSR count). The van der Waals surface area contributed by atoms with Crippen LogP contribution in [0.25, 0.3) is 22.6 Å². The Balaban J connectivity index is 1.98. The maximum atomic E-state index is 6.13. The van der Waals surface area contributed by atoms with Crippen molar-refractivity contribution < 1.29 is 0 Å². The van der Waals surface area contributed by atoms with Gasteiger partial charge < -0.3 is 10.3 Å². The van der Waals surface area contributed by atoms with Gasteiger partial charge in [-0.25, -0.2) is 9.97 Å². The van der Waals surface area contributed by atoms with Gasteiger partial charge in [0.05, 0.1) is 10.7 Å². The highest BCUT2D eigenvalue weighted by Crippen LogP contribution is 2.41. The molecule has 0 aliphatic heterocycles. The van der Waals surface area contributed by atoms with E-state index >= 15 is 0 Å². The fourth-order valence-corrected chi connectivity index (χ4v) is 2.66. The molecule has 1 aliphatic rings. The highest BCUT2D eigenvalue weighted by Gasteiger charge is 2.29. The maximum Gasteiger partial charge on any atom is 0.160 e. The number of hydrogen-bond acceptors (Lipinski definition) is 3. The average Bonchev–Trinajstić information content (AvgIpc) is 3.22. The Kier molecular flexibility index (Phi) is 2.47. The van der Waals surface area contributed by atoms with Gasteiger partial charge >= 0.3 is 0 Å². The van der Waals surface area contributed by atoms with Crippen LogP contribution in [0.4, 0.5) is 5.69 Å². The van der Waals surface area contributed by atoms with E-state index in [1.54, 1.807) is 0 Å². The first-order valence-electron chi connectivity index (χ1n) is 6.62. The molecule has 20 heavy (non-hydrogen) atoms. The van der Waals surface area contributed by atoms with Crippen molar-refractivity contribution in [3.8, 4) is 11.4 Å². The van der Waals surface area contributed by atoms with E-state index in [0.29, 0.717) is 16.8 Å². The summed E-state index contributed by atoms with van der Waals surface area (Å²) in [5.74, 6) is 0.920. The SMILES string of the molecule is Nc1ccc(-c2nc3cccnc3n2C2CC2)cc1Cl. The smallest absolute Gasteiger partial charge is 0.160 e. The summed E-state index contributed by atoms with van der Waals surface area (Å²) in [6.45, 7) is 0. The molecule has 1 fully saturated rings. The number of pyridine rings is 1. The van der Waals surface area contributed by atoms with Gasteiger partial charge in [-0.2, -0.15) is 0 Å². The molecule has 1 aromatic carbocycles. The van der Waals surface area contributed by atoms with Crippen LogP contribution in [-0.2, 0) is 0 Å². The number of halogens is 1. The van der Waals surface area contributed by atoms with Crippen molar-refractivity contribution in [1.29, 1.82) is 0 Å². The molecule has 0 radical (unpaired) electrons. The van der Waals surface area contributed by atoms with Gasteiger partial charge in [-0.15, -0.1) is 0 Å². The van der Waals surface area contributed by atoms with Crippen LogP contribution in [0.1, 0.15) is 18.9 Å². The van der Waals surface area contributed by atoms with Gasteiger partial charge in [-0.1, -0.05) is 11.6 Å². The Morgan fingerprint density at radius 3 is 2.85 bits per heavy atom. The Morgan fingerprint density at radius 2 is 2.10 bits per heavy atom. The van der Waals surface area contributed by atoms with Crippen molar-refractivity contribution in [3.63, 3.8) is 0 Å². The zero-order valence-corrected chi connectivity index (χ0v) is 11.5. The lowest BCUT2D eigenvalue weighted by Gasteiger charge is -2.08. The van der Waals surface area contributed by atoms with Crippen LogP contribution in [-0.4, -0.2) is 14.5 Å². The normalized spacial score (nSPS) is 14.8. The molecular formula is C15H13ClN4. The molecule has 0 amide bonds. The summed E-state index contributed by atoms with van der Waals surface area (Å²) in [6.07, 6.45) is 4.16. The highest BCUT2D eigenvalue weighted by molar-refractivity contribution is 6.33. The van der Waals surface area contributed by atoms with Crippen molar-refractivity contribution in [2.24, 2.45) is 0 Å². The van der Waals surface area contributed by atoms with Gasteiger partial charge in [-0.3, -0.25) is 0 Å². The van der Waals surface area contributed by atoms with E-state index in [-0.39, 0.29) is 0 Å². The molecule has 5 heteroatoms. The minimum Gasteiger partial charge on any atom is -0.398 e. The molecule has 0 spiro atoms. The van der Waals surface area contributed by atoms with Crippen molar-refractivity contribution in [3.05, 3.63) is 41.6 Å². The van der Waals surface area contributed by atoms with Crippen LogP contribution >= 0.6 is 11.6 Å². The number of aromatic nitrogens is 3. The molecule has 4 nitrogen and oxygen atoms in total. The molecule has 0 atom stereocenters. The Hall–Kier alpha value is -2.07. The fraction of sp³-hybridized carbons (Fsp3) is 0.200.